The molecule has 0 bridgehead atoms. The summed E-state index contributed by atoms with van der Waals surface area (Å²) in [6.45, 7) is 2.34. The summed E-state index contributed by atoms with van der Waals surface area (Å²) in [6, 6.07) is 7.31. The van der Waals surface area contributed by atoms with E-state index in [1.165, 1.54) is 0 Å². The van der Waals surface area contributed by atoms with E-state index in [-0.39, 0.29) is 24.3 Å². The van der Waals surface area contributed by atoms with Crippen LogP contribution in [-0.4, -0.2) is 49.9 Å². The molecule has 1 unspecified atom stereocenters. The molecule has 4 heterocycles. The quantitative estimate of drug-likeness (QED) is 0.456. The fraction of sp³-hybridized carbons (Fsp3) is 0.407. The van der Waals surface area contributed by atoms with Crippen molar-refractivity contribution >= 4 is 23.7 Å². The Labute approximate surface area is 218 Å². The Balaban J connectivity index is 1.09. The minimum absolute atomic E-state index is 0.183. The molecule has 2 saturated carbocycles. The molecule has 194 valence electrons. The second kappa shape index (κ2) is 8.37. The third kappa shape index (κ3) is 3.98. The largest absolute Gasteiger partial charge is 0.474 e. The number of pyridine rings is 1. The molecule has 7 rings (SSSR count). The summed E-state index contributed by atoms with van der Waals surface area (Å²) in [5.74, 6) is 0.0541. The first-order valence-corrected chi connectivity index (χ1v) is 12.9. The van der Waals surface area contributed by atoms with E-state index < -0.39 is 17.5 Å². The van der Waals surface area contributed by atoms with Gasteiger partial charge in [-0.05, 0) is 67.9 Å². The van der Waals surface area contributed by atoms with Crippen molar-refractivity contribution in [1.82, 2.24) is 25.4 Å². The van der Waals surface area contributed by atoms with E-state index in [2.05, 4.69) is 31.9 Å². The van der Waals surface area contributed by atoms with Gasteiger partial charge in [0.05, 0.1) is 11.1 Å². The van der Waals surface area contributed by atoms with Crippen LogP contribution >= 0.6 is 0 Å². The lowest BCUT2D eigenvalue weighted by atomic mass is 9.95. The second-order valence-electron chi connectivity index (χ2n) is 10.5. The highest BCUT2D eigenvalue weighted by atomic mass is 16.5. The minimum atomic E-state index is -0.635. The molecule has 3 aromatic rings. The summed E-state index contributed by atoms with van der Waals surface area (Å²) in [4.78, 5) is 43.2. The van der Waals surface area contributed by atoms with Crippen molar-refractivity contribution in [3.8, 4) is 17.3 Å². The van der Waals surface area contributed by atoms with E-state index >= 15 is 0 Å². The normalized spacial score (nSPS) is 21.8. The maximum absolute atomic E-state index is 13.4. The maximum atomic E-state index is 13.4. The number of carbonyl (C=O) groups excluding carboxylic acids is 3. The van der Waals surface area contributed by atoms with Gasteiger partial charge in [-0.25, -0.2) is 4.98 Å². The summed E-state index contributed by atoms with van der Waals surface area (Å²) in [7, 11) is 0. The number of ether oxygens (including phenoxy) is 1. The number of hydrogen-bond donors (Lipinski definition) is 2. The van der Waals surface area contributed by atoms with Crippen LogP contribution in [0.2, 0.25) is 0 Å². The van der Waals surface area contributed by atoms with Crippen LogP contribution in [0.25, 0.3) is 11.5 Å². The van der Waals surface area contributed by atoms with E-state index in [0.717, 1.165) is 42.4 Å². The summed E-state index contributed by atoms with van der Waals surface area (Å²) in [5, 5.41) is 14.1. The topological polar surface area (TPSA) is 140 Å². The Morgan fingerprint density at radius 2 is 1.97 bits per heavy atom. The first-order valence-electron chi connectivity index (χ1n) is 12.9. The summed E-state index contributed by atoms with van der Waals surface area (Å²) in [5.41, 5.74) is 3.76. The lowest BCUT2D eigenvalue weighted by Crippen LogP contribution is -2.52. The first kappa shape index (κ1) is 22.9. The van der Waals surface area contributed by atoms with Crippen molar-refractivity contribution in [3.05, 3.63) is 52.7 Å². The SMILES string of the molecule is Cc1cc(C2(Nc3nnc(-c4ccc(OC5CC5)nc4)o3)CC2)cc2c1CN(C1CCC(=O)NC1=O)C2=O. The Kier molecular flexibility index (Phi) is 5.04. The van der Waals surface area contributed by atoms with Gasteiger partial charge in [0.2, 0.25) is 17.7 Å². The van der Waals surface area contributed by atoms with Crippen molar-refractivity contribution < 1.29 is 23.5 Å². The van der Waals surface area contributed by atoms with Crippen LogP contribution in [0.15, 0.2) is 34.9 Å². The number of carbonyl (C=O) groups is 3. The Hall–Kier alpha value is -4.28. The molecule has 38 heavy (non-hydrogen) atoms. The van der Waals surface area contributed by atoms with Gasteiger partial charge >= 0.3 is 6.01 Å². The van der Waals surface area contributed by atoms with Crippen LogP contribution < -0.4 is 15.4 Å². The number of nitrogens with zero attached hydrogens (tertiary/aromatic N) is 4. The molecule has 11 heteroatoms. The van der Waals surface area contributed by atoms with Crippen molar-refractivity contribution in [2.24, 2.45) is 0 Å². The van der Waals surface area contributed by atoms with Gasteiger partial charge in [0.15, 0.2) is 0 Å². The number of fused-ring (bicyclic) bond motifs is 1. The highest BCUT2D eigenvalue weighted by molar-refractivity contribution is 6.05. The monoisotopic (exact) mass is 514 g/mol. The van der Waals surface area contributed by atoms with Gasteiger partial charge in [-0.15, -0.1) is 5.10 Å². The molecule has 11 nitrogen and oxygen atoms in total. The van der Waals surface area contributed by atoms with Gasteiger partial charge in [-0.1, -0.05) is 11.2 Å². The van der Waals surface area contributed by atoms with Gasteiger partial charge in [-0.3, -0.25) is 19.7 Å². The standard InChI is InChI=1S/C27H26N6O5/c1-14-10-16(11-18-19(14)13-33(25(18)36)20-5-6-21(34)29-23(20)35)27(8-9-27)30-26-32-31-24(38-26)15-2-7-22(28-12-15)37-17-3-4-17/h2,7,10-12,17,20H,3-6,8-9,13H2,1H3,(H,30,32)(H,29,34,35). The third-order valence-electron chi connectivity index (χ3n) is 7.75. The van der Waals surface area contributed by atoms with E-state index in [1.807, 2.05) is 19.1 Å². The van der Waals surface area contributed by atoms with E-state index in [9.17, 15) is 14.4 Å². The van der Waals surface area contributed by atoms with Crippen molar-refractivity contribution in [2.75, 3.05) is 5.32 Å². The molecule has 4 aliphatic rings. The highest BCUT2D eigenvalue weighted by Crippen LogP contribution is 2.49. The molecule has 2 aliphatic carbocycles. The molecular formula is C27H26N6O5. The lowest BCUT2D eigenvalue weighted by molar-refractivity contribution is -0.136. The third-order valence-corrected chi connectivity index (χ3v) is 7.75. The molecular weight excluding hydrogens is 488 g/mol. The summed E-state index contributed by atoms with van der Waals surface area (Å²) < 4.78 is 11.6. The van der Waals surface area contributed by atoms with Gasteiger partial charge in [0.25, 0.3) is 11.8 Å². The van der Waals surface area contributed by atoms with Crippen molar-refractivity contribution in [1.29, 1.82) is 0 Å². The molecule has 1 atom stereocenters. The molecule has 1 saturated heterocycles. The van der Waals surface area contributed by atoms with E-state index in [1.54, 1.807) is 17.2 Å². The van der Waals surface area contributed by atoms with Crippen LogP contribution in [-0.2, 0) is 21.7 Å². The van der Waals surface area contributed by atoms with Gasteiger partial charge in [0, 0.05) is 30.8 Å². The number of nitrogens with one attached hydrogen (secondary N) is 2. The van der Waals surface area contributed by atoms with E-state index in [0.29, 0.717) is 41.9 Å². The second-order valence-corrected chi connectivity index (χ2v) is 10.5. The maximum Gasteiger partial charge on any atom is 0.316 e. The smallest absolute Gasteiger partial charge is 0.316 e. The summed E-state index contributed by atoms with van der Waals surface area (Å²) in [6.07, 6.45) is 6.35. The van der Waals surface area contributed by atoms with Gasteiger partial charge in [-0.2, -0.15) is 0 Å². The molecule has 2 aromatic heterocycles. The average Bonchev–Trinajstić information content (AvgIpc) is 3.80. The number of rotatable bonds is 7. The van der Waals surface area contributed by atoms with Crippen LogP contribution in [0.3, 0.4) is 0 Å². The van der Waals surface area contributed by atoms with Crippen LogP contribution in [0.5, 0.6) is 5.88 Å². The molecule has 3 amide bonds. The summed E-state index contributed by atoms with van der Waals surface area (Å²) >= 11 is 0. The minimum Gasteiger partial charge on any atom is -0.474 e. The predicted octanol–water partition coefficient (Wildman–Crippen LogP) is 2.84. The van der Waals surface area contributed by atoms with Gasteiger partial charge < -0.3 is 19.4 Å². The Bertz CT molecular complexity index is 1470. The fourth-order valence-corrected chi connectivity index (χ4v) is 5.26. The number of hydrogen-bond acceptors (Lipinski definition) is 9. The number of aryl methyl sites for hydroxylation is 1. The number of imide groups is 1. The number of benzene rings is 1. The number of piperidine rings is 1. The van der Waals surface area contributed by atoms with Crippen LogP contribution in [0, 0.1) is 6.92 Å². The first-order chi connectivity index (χ1) is 18.4. The van der Waals surface area contributed by atoms with Crippen molar-refractivity contribution in [3.63, 3.8) is 0 Å². The average molecular weight is 515 g/mol. The Morgan fingerprint density at radius 3 is 2.68 bits per heavy atom. The molecule has 3 fully saturated rings. The lowest BCUT2D eigenvalue weighted by Gasteiger charge is -2.29. The van der Waals surface area contributed by atoms with Crippen LogP contribution in [0.1, 0.15) is 65.6 Å². The van der Waals surface area contributed by atoms with Crippen LogP contribution in [0.4, 0.5) is 6.01 Å². The zero-order chi connectivity index (χ0) is 26.0. The molecule has 0 radical (unpaired) electrons. The zero-order valence-corrected chi connectivity index (χ0v) is 20.8. The highest BCUT2D eigenvalue weighted by Gasteiger charge is 2.47. The zero-order valence-electron chi connectivity index (χ0n) is 20.8. The number of aromatic nitrogens is 3. The molecule has 2 aliphatic heterocycles. The predicted molar refractivity (Wildman–Crippen MR) is 133 cm³/mol. The molecule has 2 N–H and O–H groups in total. The fourth-order valence-electron chi connectivity index (χ4n) is 5.26. The van der Waals surface area contributed by atoms with Crippen molar-refractivity contribution in [2.45, 2.75) is 69.7 Å². The Morgan fingerprint density at radius 1 is 1.13 bits per heavy atom. The number of amides is 3. The molecule has 1 aromatic carbocycles. The molecule has 0 spiro atoms. The van der Waals surface area contributed by atoms with E-state index in [4.69, 9.17) is 9.15 Å². The number of anilines is 1. The van der Waals surface area contributed by atoms with Gasteiger partial charge in [0.1, 0.15) is 12.1 Å².